The molecule has 0 unspecified atom stereocenters. The van der Waals surface area contributed by atoms with Gasteiger partial charge in [0.25, 0.3) is 0 Å². The van der Waals surface area contributed by atoms with Crippen LogP contribution in [-0.4, -0.2) is 61.9 Å². The van der Waals surface area contributed by atoms with Gasteiger partial charge in [0.1, 0.15) is 49.4 Å². The molecule has 0 bridgehead atoms. The lowest BCUT2D eigenvalue weighted by molar-refractivity contribution is -0.140. The number of ether oxygens (including phenoxy) is 6. The molecule has 12 heteroatoms. The summed E-state index contributed by atoms with van der Waals surface area (Å²) in [5, 5.41) is 0. The number of esters is 4. The zero-order valence-corrected chi connectivity index (χ0v) is 35.1. The van der Waals surface area contributed by atoms with Crippen LogP contribution in [0.2, 0.25) is 0 Å². The fourth-order valence-corrected chi connectivity index (χ4v) is 4.48. The highest BCUT2D eigenvalue weighted by Crippen LogP contribution is 2.18. The Balaban J connectivity index is 0.000000336. The lowest BCUT2D eigenvalue weighted by Crippen LogP contribution is -2.12. The molecule has 0 N–H and O–H groups in total. The van der Waals surface area contributed by atoms with Crippen LogP contribution >= 0.6 is 0 Å². The lowest BCUT2D eigenvalue weighted by atomic mass is 10.1. The molecule has 0 spiro atoms. The molecule has 0 aromatic heterocycles. The maximum absolute atomic E-state index is 12.4. The minimum Gasteiger partial charge on any atom is -0.490 e. The summed E-state index contributed by atoms with van der Waals surface area (Å²) in [6.45, 7) is 21.0. The Hall–Kier alpha value is -7.86. The van der Waals surface area contributed by atoms with Crippen molar-refractivity contribution >= 4 is 47.6 Å². The summed E-state index contributed by atoms with van der Waals surface area (Å²) >= 11 is 0. The zero-order valence-electron chi connectivity index (χ0n) is 35.1. The summed E-state index contributed by atoms with van der Waals surface area (Å²) in [5.74, 6) is -0.330. The third-order valence-electron chi connectivity index (χ3n) is 7.88. The Kier molecular flexibility index (Phi) is 19.5. The Morgan fingerprint density at radius 3 is 1.02 bits per heavy atom. The van der Waals surface area contributed by atoms with Crippen LogP contribution in [-0.2, 0) is 28.7 Å². The predicted molar refractivity (Wildman–Crippen MR) is 236 cm³/mol. The van der Waals surface area contributed by atoms with Crippen molar-refractivity contribution in [1.29, 1.82) is 0 Å². The number of ketones is 2. The van der Waals surface area contributed by atoms with Gasteiger partial charge in [-0.1, -0.05) is 62.7 Å². The molecule has 4 aromatic rings. The van der Waals surface area contributed by atoms with E-state index in [2.05, 4.69) is 26.3 Å². The highest BCUT2D eigenvalue weighted by atomic mass is 16.6. The number of rotatable bonds is 20. The van der Waals surface area contributed by atoms with Crippen molar-refractivity contribution < 1.29 is 57.2 Å². The van der Waals surface area contributed by atoms with Gasteiger partial charge in [-0.25, -0.2) is 19.2 Å². The van der Waals surface area contributed by atoms with Crippen molar-refractivity contribution in [2.75, 3.05) is 26.4 Å². The second kappa shape index (κ2) is 24.9. The van der Waals surface area contributed by atoms with Crippen molar-refractivity contribution in [2.24, 2.45) is 0 Å². The van der Waals surface area contributed by atoms with Crippen LogP contribution in [0, 0.1) is 0 Å². The molecule has 0 radical (unpaired) electrons. The summed E-state index contributed by atoms with van der Waals surface area (Å²) in [4.78, 5) is 70.2. The normalized spacial score (nSPS) is 10.4. The summed E-state index contributed by atoms with van der Waals surface area (Å²) in [7, 11) is 0. The Labute approximate surface area is 361 Å². The van der Waals surface area contributed by atoms with Gasteiger partial charge in [0, 0.05) is 33.4 Å². The van der Waals surface area contributed by atoms with Crippen molar-refractivity contribution in [3.8, 4) is 23.0 Å². The largest absolute Gasteiger partial charge is 0.490 e. The third kappa shape index (κ3) is 17.6. The Bertz CT molecular complexity index is 2330. The maximum Gasteiger partial charge on any atom is 0.338 e. The second-order valence-electron chi connectivity index (χ2n) is 13.5. The van der Waals surface area contributed by atoms with Crippen LogP contribution in [0.1, 0.15) is 59.5 Å². The van der Waals surface area contributed by atoms with Crippen LogP contribution in [0.3, 0.4) is 0 Å². The van der Waals surface area contributed by atoms with E-state index in [-0.39, 0.29) is 38.0 Å². The second-order valence-corrected chi connectivity index (χ2v) is 13.5. The van der Waals surface area contributed by atoms with Crippen LogP contribution in [0.5, 0.6) is 23.0 Å². The highest BCUT2D eigenvalue weighted by Gasteiger charge is 2.09. The molecule has 62 heavy (non-hydrogen) atoms. The van der Waals surface area contributed by atoms with E-state index in [1.54, 1.807) is 125 Å². The van der Waals surface area contributed by atoms with E-state index < -0.39 is 23.9 Å². The van der Waals surface area contributed by atoms with Crippen LogP contribution in [0.15, 0.2) is 158 Å². The van der Waals surface area contributed by atoms with Gasteiger partial charge in [-0.2, -0.15) is 0 Å². The van der Waals surface area contributed by atoms with Gasteiger partial charge in [0.15, 0.2) is 11.6 Å². The van der Waals surface area contributed by atoms with E-state index in [1.807, 2.05) is 12.1 Å². The molecule has 0 heterocycles. The first-order valence-corrected chi connectivity index (χ1v) is 19.0. The molecular weight excluding hydrogens is 793 g/mol. The minimum atomic E-state index is -0.517. The van der Waals surface area contributed by atoms with Crippen LogP contribution < -0.4 is 18.9 Å². The van der Waals surface area contributed by atoms with Gasteiger partial charge in [0.05, 0.1) is 0 Å². The highest BCUT2D eigenvalue weighted by molar-refractivity contribution is 6.07. The van der Waals surface area contributed by atoms with Crippen molar-refractivity contribution in [3.05, 3.63) is 180 Å². The number of carbonyl (C=O) groups is 6. The molecule has 0 saturated heterocycles. The van der Waals surface area contributed by atoms with E-state index in [9.17, 15) is 28.8 Å². The first-order chi connectivity index (χ1) is 29.5. The molecule has 0 fully saturated rings. The topological polar surface area (TPSA) is 158 Å². The van der Waals surface area contributed by atoms with Crippen molar-refractivity contribution in [3.63, 3.8) is 0 Å². The van der Waals surface area contributed by atoms with E-state index in [4.69, 9.17) is 28.4 Å². The minimum absolute atomic E-state index is 0.113. The molecule has 4 rings (SSSR count). The molecule has 0 saturated carbocycles. The SMILES string of the molecule is C=C(C)C(=O)OCCOc1ccc(/C=C/C(=O)c2ccc(OCCOC(=O)C(=C)C)cc2)cc1.C=C(C)C(=O)Oc1ccc(/C=C/C(=O)c2ccc(OC(=O)C(=C)C)cc2)cc1. The maximum atomic E-state index is 12.4. The average molecular weight is 841 g/mol. The number of hydrogen-bond donors (Lipinski definition) is 0. The smallest absolute Gasteiger partial charge is 0.338 e. The van der Waals surface area contributed by atoms with E-state index >= 15 is 0 Å². The molecule has 0 amide bonds. The number of carbonyl (C=O) groups excluding carboxylic acids is 6. The van der Waals surface area contributed by atoms with Gasteiger partial charge >= 0.3 is 23.9 Å². The number of hydrogen-bond acceptors (Lipinski definition) is 12. The molecule has 12 nitrogen and oxygen atoms in total. The van der Waals surface area contributed by atoms with E-state index in [0.717, 1.165) is 11.1 Å². The fraction of sp³-hybridized carbons (Fsp3) is 0.160. The molecule has 0 atom stereocenters. The molecule has 4 aromatic carbocycles. The van der Waals surface area contributed by atoms with Crippen molar-refractivity contribution in [2.45, 2.75) is 27.7 Å². The number of benzene rings is 4. The van der Waals surface area contributed by atoms with E-state index in [1.165, 1.54) is 12.2 Å². The first-order valence-electron chi connectivity index (χ1n) is 19.0. The number of allylic oxidation sites excluding steroid dienone is 2. The van der Waals surface area contributed by atoms with Gasteiger partial charge < -0.3 is 28.4 Å². The van der Waals surface area contributed by atoms with Crippen LogP contribution in [0.25, 0.3) is 12.2 Å². The lowest BCUT2D eigenvalue weighted by Gasteiger charge is -2.08. The summed E-state index contributed by atoms with van der Waals surface area (Å²) in [6.07, 6.45) is 6.28. The van der Waals surface area contributed by atoms with Crippen LogP contribution in [0.4, 0.5) is 0 Å². The average Bonchev–Trinajstić information content (AvgIpc) is 3.26. The van der Waals surface area contributed by atoms with E-state index in [0.29, 0.717) is 56.4 Å². The molecular formula is C50H48O12. The molecule has 0 aliphatic carbocycles. The zero-order chi connectivity index (χ0) is 45.6. The van der Waals surface area contributed by atoms with Gasteiger partial charge in [-0.05, 0) is 124 Å². The predicted octanol–water partition coefficient (Wildman–Crippen LogP) is 9.12. The quantitative estimate of drug-likeness (QED) is 0.0274. The third-order valence-corrected chi connectivity index (χ3v) is 7.88. The Morgan fingerprint density at radius 1 is 0.403 bits per heavy atom. The van der Waals surface area contributed by atoms with Gasteiger partial charge in [-0.15, -0.1) is 0 Å². The molecule has 0 aliphatic rings. The van der Waals surface area contributed by atoms with Crippen molar-refractivity contribution in [1.82, 2.24) is 0 Å². The summed E-state index contributed by atoms with van der Waals surface area (Å²) in [5.41, 5.74) is 3.86. The fourth-order valence-electron chi connectivity index (χ4n) is 4.48. The molecule has 320 valence electrons. The Morgan fingerprint density at radius 2 is 0.694 bits per heavy atom. The standard InChI is InChI=1S/C27H28O7.C23H20O5/c1-19(2)26(29)33-17-15-31-23-10-5-21(6-11-23)7-14-25(28)22-8-12-24(13-9-22)32-16-18-34-27(30)20(3)4;1-15(2)22(25)27-19-10-5-17(6-11-19)7-14-21(24)18-8-12-20(13-9-18)28-23(26)16(3)4/h5-14H,1,3,15-18H2,2,4H3;5-14H,1,3H2,2,4H3/b2*14-7+. The summed E-state index contributed by atoms with van der Waals surface area (Å²) in [6, 6.07) is 26.8. The van der Waals surface area contributed by atoms with Gasteiger partial charge in [0.2, 0.25) is 0 Å². The monoisotopic (exact) mass is 840 g/mol. The first kappa shape index (κ1) is 48.5. The van der Waals surface area contributed by atoms with Gasteiger partial charge in [-0.3, -0.25) is 9.59 Å². The molecule has 0 aliphatic heterocycles. The summed E-state index contributed by atoms with van der Waals surface area (Å²) < 4.78 is 31.1.